The number of hydrogen-bond acceptors (Lipinski definition) is 6. The van der Waals surface area contributed by atoms with Crippen LogP contribution in [0.25, 0.3) is 5.69 Å². The van der Waals surface area contributed by atoms with Crippen LogP contribution in [-0.4, -0.2) is 63.4 Å². The number of amides is 1. The number of tetrazole rings is 1. The van der Waals surface area contributed by atoms with E-state index < -0.39 is 0 Å². The van der Waals surface area contributed by atoms with Crippen LogP contribution in [0.15, 0.2) is 30.3 Å². The van der Waals surface area contributed by atoms with Crippen molar-refractivity contribution in [2.45, 2.75) is 38.3 Å². The van der Waals surface area contributed by atoms with Gasteiger partial charge < -0.3 is 10.1 Å². The quantitative estimate of drug-likeness (QED) is 0.850. The van der Waals surface area contributed by atoms with Crippen molar-refractivity contribution < 1.29 is 9.53 Å². The van der Waals surface area contributed by atoms with E-state index in [1.165, 1.54) is 0 Å². The molecule has 0 spiro atoms. The molecule has 4 rings (SSSR count). The SMILES string of the molecule is O=C(NCc1nnnn1-c1ccccc1)[C@H]1CCCN(C2CCOCC2)C1. The van der Waals surface area contributed by atoms with E-state index in [9.17, 15) is 4.79 Å². The van der Waals surface area contributed by atoms with Crippen molar-refractivity contribution >= 4 is 5.91 Å². The van der Waals surface area contributed by atoms with Gasteiger partial charge in [0, 0.05) is 25.8 Å². The molecule has 2 saturated heterocycles. The summed E-state index contributed by atoms with van der Waals surface area (Å²) >= 11 is 0. The van der Waals surface area contributed by atoms with Gasteiger partial charge in [0.1, 0.15) is 0 Å². The molecule has 2 aliphatic rings. The van der Waals surface area contributed by atoms with Gasteiger partial charge in [-0.25, -0.2) is 0 Å². The summed E-state index contributed by atoms with van der Waals surface area (Å²) in [6.07, 6.45) is 4.15. The Balaban J connectivity index is 1.34. The first-order valence-corrected chi connectivity index (χ1v) is 9.73. The number of piperidine rings is 1. The molecule has 144 valence electrons. The number of para-hydroxylation sites is 1. The van der Waals surface area contributed by atoms with E-state index in [1.807, 2.05) is 30.3 Å². The van der Waals surface area contributed by atoms with Crippen LogP contribution in [0.5, 0.6) is 0 Å². The maximum absolute atomic E-state index is 12.7. The molecule has 8 nitrogen and oxygen atoms in total. The standard InChI is InChI=1S/C19H26N6O2/c26-19(15-5-4-10-24(14-15)16-8-11-27-12-9-16)20-13-18-21-22-23-25(18)17-6-2-1-3-7-17/h1-3,6-7,15-16H,4-5,8-14H2,(H,20,26)/t15-/m0/s1. The van der Waals surface area contributed by atoms with E-state index in [0.29, 0.717) is 18.4 Å². The van der Waals surface area contributed by atoms with E-state index in [4.69, 9.17) is 4.74 Å². The number of carbonyl (C=O) groups is 1. The van der Waals surface area contributed by atoms with Crippen LogP contribution in [0.1, 0.15) is 31.5 Å². The van der Waals surface area contributed by atoms with Gasteiger partial charge in [-0.2, -0.15) is 4.68 Å². The molecule has 0 unspecified atom stereocenters. The van der Waals surface area contributed by atoms with Gasteiger partial charge in [-0.3, -0.25) is 9.69 Å². The largest absolute Gasteiger partial charge is 0.381 e. The molecule has 2 aliphatic heterocycles. The molecule has 1 atom stereocenters. The van der Waals surface area contributed by atoms with Gasteiger partial charge in [-0.05, 0) is 54.8 Å². The van der Waals surface area contributed by atoms with E-state index in [-0.39, 0.29) is 11.8 Å². The number of aromatic nitrogens is 4. The number of benzene rings is 1. The van der Waals surface area contributed by atoms with Crippen molar-refractivity contribution in [2.24, 2.45) is 5.92 Å². The van der Waals surface area contributed by atoms with E-state index in [2.05, 4.69) is 25.7 Å². The van der Waals surface area contributed by atoms with E-state index >= 15 is 0 Å². The Morgan fingerprint density at radius 2 is 2.00 bits per heavy atom. The number of nitrogens with one attached hydrogen (secondary N) is 1. The Morgan fingerprint density at radius 3 is 2.81 bits per heavy atom. The molecule has 3 heterocycles. The molecule has 0 bridgehead atoms. The molecule has 0 aliphatic carbocycles. The first kappa shape index (κ1) is 18.1. The van der Waals surface area contributed by atoms with Crippen LogP contribution >= 0.6 is 0 Å². The number of likely N-dealkylation sites (tertiary alicyclic amines) is 1. The van der Waals surface area contributed by atoms with Crippen LogP contribution in [0.4, 0.5) is 0 Å². The summed E-state index contributed by atoms with van der Waals surface area (Å²) in [5.41, 5.74) is 0.884. The minimum atomic E-state index is 0.0302. The van der Waals surface area contributed by atoms with Gasteiger partial charge in [0.05, 0.1) is 18.2 Å². The summed E-state index contributed by atoms with van der Waals surface area (Å²) in [5.74, 6) is 0.753. The maximum Gasteiger partial charge on any atom is 0.224 e. The van der Waals surface area contributed by atoms with Gasteiger partial charge >= 0.3 is 0 Å². The third kappa shape index (κ3) is 4.33. The fraction of sp³-hybridized carbons (Fsp3) is 0.579. The average Bonchev–Trinajstić information content (AvgIpc) is 3.22. The van der Waals surface area contributed by atoms with E-state index in [0.717, 1.165) is 57.7 Å². The second-order valence-electron chi connectivity index (χ2n) is 7.24. The van der Waals surface area contributed by atoms with Gasteiger partial charge in [0.25, 0.3) is 0 Å². The van der Waals surface area contributed by atoms with Gasteiger partial charge in [0.2, 0.25) is 5.91 Å². The fourth-order valence-electron chi connectivity index (χ4n) is 4.00. The number of ether oxygens (including phenoxy) is 1. The molecule has 1 aromatic heterocycles. The summed E-state index contributed by atoms with van der Waals surface area (Å²) in [6, 6.07) is 10.3. The normalized spacial score (nSPS) is 21.9. The molecule has 1 amide bonds. The minimum absolute atomic E-state index is 0.0302. The summed E-state index contributed by atoms with van der Waals surface area (Å²) in [4.78, 5) is 15.2. The summed E-state index contributed by atoms with van der Waals surface area (Å²) < 4.78 is 7.13. The highest BCUT2D eigenvalue weighted by Crippen LogP contribution is 2.23. The molecular formula is C19H26N6O2. The number of rotatable bonds is 5. The molecular weight excluding hydrogens is 344 g/mol. The Labute approximate surface area is 158 Å². The van der Waals surface area contributed by atoms with E-state index in [1.54, 1.807) is 4.68 Å². The predicted molar refractivity (Wildman–Crippen MR) is 99.1 cm³/mol. The van der Waals surface area contributed by atoms with Crippen LogP contribution in [0, 0.1) is 5.92 Å². The number of carbonyl (C=O) groups excluding carboxylic acids is 1. The zero-order chi connectivity index (χ0) is 18.5. The van der Waals surface area contributed by atoms with Crippen molar-refractivity contribution in [3.05, 3.63) is 36.2 Å². The van der Waals surface area contributed by atoms with Crippen molar-refractivity contribution in [1.82, 2.24) is 30.4 Å². The Hall–Kier alpha value is -2.32. The van der Waals surface area contributed by atoms with Crippen molar-refractivity contribution in [1.29, 1.82) is 0 Å². The second kappa shape index (κ2) is 8.58. The fourth-order valence-corrected chi connectivity index (χ4v) is 4.00. The van der Waals surface area contributed by atoms with Gasteiger partial charge in [-0.15, -0.1) is 5.10 Å². The third-order valence-corrected chi connectivity index (χ3v) is 5.49. The highest BCUT2D eigenvalue weighted by Gasteiger charge is 2.30. The molecule has 0 saturated carbocycles. The predicted octanol–water partition coefficient (Wildman–Crippen LogP) is 1.17. The minimum Gasteiger partial charge on any atom is -0.381 e. The molecule has 8 heteroatoms. The first-order valence-electron chi connectivity index (χ1n) is 9.73. The van der Waals surface area contributed by atoms with Crippen molar-refractivity contribution in [3.8, 4) is 5.69 Å². The highest BCUT2D eigenvalue weighted by atomic mass is 16.5. The first-order chi connectivity index (χ1) is 13.3. The van der Waals surface area contributed by atoms with Crippen molar-refractivity contribution in [2.75, 3.05) is 26.3 Å². The molecule has 1 aromatic carbocycles. The highest BCUT2D eigenvalue weighted by molar-refractivity contribution is 5.78. The van der Waals surface area contributed by atoms with Gasteiger partial charge in [0.15, 0.2) is 5.82 Å². The topological polar surface area (TPSA) is 85.2 Å². The van der Waals surface area contributed by atoms with Crippen LogP contribution < -0.4 is 5.32 Å². The molecule has 0 radical (unpaired) electrons. The smallest absolute Gasteiger partial charge is 0.224 e. The summed E-state index contributed by atoms with van der Waals surface area (Å²) in [7, 11) is 0. The average molecular weight is 370 g/mol. The lowest BCUT2D eigenvalue weighted by molar-refractivity contribution is -0.127. The lowest BCUT2D eigenvalue weighted by Gasteiger charge is -2.39. The summed E-state index contributed by atoms with van der Waals surface area (Å²) in [5, 5.41) is 14.9. The maximum atomic E-state index is 12.7. The van der Waals surface area contributed by atoms with Crippen molar-refractivity contribution in [3.63, 3.8) is 0 Å². The third-order valence-electron chi connectivity index (χ3n) is 5.49. The zero-order valence-corrected chi connectivity index (χ0v) is 15.5. The number of hydrogen-bond donors (Lipinski definition) is 1. The zero-order valence-electron chi connectivity index (χ0n) is 15.5. The molecule has 2 fully saturated rings. The summed E-state index contributed by atoms with van der Waals surface area (Å²) in [6.45, 7) is 3.91. The van der Waals surface area contributed by atoms with Crippen LogP contribution in [0.2, 0.25) is 0 Å². The van der Waals surface area contributed by atoms with Crippen LogP contribution in [-0.2, 0) is 16.1 Å². The Bertz CT molecular complexity index is 744. The monoisotopic (exact) mass is 370 g/mol. The lowest BCUT2D eigenvalue weighted by atomic mass is 9.94. The lowest BCUT2D eigenvalue weighted by Crippen LogP contribution is -2.48. The van der Waals surface area contributed by atoms with Gasteiger partial charge in [-0.1, -0.05) is 18.2 Å². The molecule has 1 N–H and O–H groups in total. The molecule has 2 aromatic rings. The van der Waals surface area contributed by atoms with Crippen LogP contribution in [0.3, 0.4) is 0 Å². The Morgan fingerprint density at radius 1 is 1.19 bits per heavy atom. The molecule has 27 heavy (non-hydrogen) atoms. The second-order valence-corrected chi connectivity index (χ2v) is 7.24. The Kier molecular flexibility index (Phi) is 5.74. The number of nitrogens with zero attached hydrogens (tertiary/aromatic N) is 5.